The molecule has 6 nitrogen and oxygen atoms in total. The largest absolute Gasteiger partial charge is 0.320 e. The van der Waals surface area contributed by atoms with Gasteiger partial charge in [-0.25, -0.2) is 13.1 Å². The summed E-state index contributed by atoms with van der Waals surface area (Å²) in [5.74, 6) is 5.68. The van der Waals surface area contributed by atoms with Crippen molar-refractivity contribution in [1.82, 2.24) is 14.9 Å². The van der Waals surface area contributed by atoms with E-state index in [4.69, 9.17) is 5.73 Å². The van der Waals surface area contributed by atoms with Crippen molar-refractivity contribution in [2.45, 2.75) is 17.9 Å². The van der Waals surface area contributed by atoms with Gasteiger partial charge < -0.3 is 5.73 Å². The molecule has 0 amide bonds. The molecule has 0 saturated carbocycles. The van der Waals surface area contributed by atoms with Gasteiger partial charge in [-0.15, -0.1) is 0 Å². The summed E-state index contributed by atoms with van der Waals surface area (Å²) in [6.45, 7) is 2.08. The fraction of sp³-hybridized carbons (Fsp3) is 0.214. The molecular weight excluding hydrogens is 288 g/mol. The molecular formula is C14H16N4O2S. The van der Waals surface area contributed by atoms with Crippen LogP contribution in [0.4, 0.5) is 0 Å². The lowest BCUT2D eigenvalue weighted by Crippen LogP contribution is -2.26. The van der Waals surface area contributed by atoms with Gasteiger partial charge in [-0.1, -0.05) is 24.0 Å². The first-order chi connectivity index (χ1) is 10.0. The van der Waals surface area contributed by atoms with E-state index in [0.717, 1.165) is 11.1 Å². The van der Waals surface area contributed by atoms with Crippen LogP contribution >= 0.6 is 0 Å². The van der Waals surface area contributed by atoms with Gasteiger partial charge in [-0.2, -0.15) is 5.10 Å². The summed E-state index contributed by atoms with van der Waals surface area (Å²) in [6.07, 6.45) is 2.60. The number of hydrogen-bond acceptors (Lipinski definition) is 4. The van der Waals surface area contributed by atoms with Gasteiger partial charge in [0.25, 0.3) is 0 Å². The predicted octanol–water partition coefficient (Wildman–Crippen LogP) is 0.759. The number of aromatic nitrogens is 2. The molecule has 0 aliphatic rings. The summed E-state index contributed by atoms with van der Waals surface area (Å²) in [7, 11) is -3.58. The molecule has 1 heterocycles. The summed E-state index contributed by atoms with van der Waals surface area (Å²) < 4.78 is 26.7. The number of sulfonamides is 1. The first-order valence-electron chi connectivity index (χ1n) is 6.33. The summed E-state index contributed by atoms with van der Waals surface area (Å²) in [4.78, 5) is 0.111. The number of aromatic amines is 1. The van der Waals surface area contributed by atoms with E-state index in [1.165, 1.54) is 12.4 Å². The summed E-state index contributed by atoms with van der Waals surface area (Å²) in [5, 5.41) is 6.12. The Morgan fingerprint density at radius 2 is 2.10 bits per heavy atom. The molecule has 1 unspecified atom stereocenters. The van der Waals surface area contributed by atoms with Crippen molar-refractivity contribution in [3.8, 4) is 11.8 Å². The smallest absolute Gasteiger partial charge is 0.244 e. The van der Waals surface area contributed by atoms with Crippen LogP contribution in [-0.4, -0.2) is 25.2 Å². The fourth-order valence-electron chi connectivity index (χ4n) is 1.76. The second kappa shape index (κ2) is 6.54. The Kier molecular flexibility index (Phi) is 4.75. The first-order valence-corrected chi connectivity index (χ1v) is 7.81. The van der Waals surface area contributed by atoms with Crippen molar-refractivity contribution in [3.05, 3.63) is 47.8 Å². The summed E-state index contributed by atoms with van der Waals surface area (Å²) in [5.41, 5.74) is 7.00. The molecule has 1 aromatic carbocycles. The topological polar surface area (TPSA) is 101 Å². The zero-order valence-electron chi connectivity index (χ0n) is 11.5. The van der Waals surface area contributed by atoms with Crippen LogP contribution in [0.3, 0.4) is 0 Å². The number of nitrogens with one attached hydrogen (secondary N) is 2. The quantitative estimate of drug-likeness (QED) is 0.726. The van der Waals surface area contributed by atoms with Crippen LogP contribution in [0.25, 0.3) is 0 Å². The zero-order valence-corrected chi connectivity index (χ0v) is 12.3. The van der Waals surface area contributed by atoms with Crippen molar-refractivity contribution in [2.75, 3.05) is 6.54 Å². The SMILES string of the molecule is CC(NS(=O)(=O)c1cn[nH]c1)c1ccc(C#CCN)cc1. The van der Waals surface area contributed by atoms with Crippen molar-refractivity contribution in [2.24, 2.45) is 5.73 Å². The zero-order chi connectivity index (χ0) is 15.3. The Labute approximate surface area is 123 Å². The monoisotopic (exact) mass is 304 g/mol. The Balaban J connectivity index is 2.12. The molecule has 2 rings (SSSR count). The molecule has 1 aromatic heterocycles. The van der Waals surface area contributed by atoms with Gasteiger partial charge in [0.05, 0.1) is 12.7 Å². The van der Waals surface area contributed by atoms with Gasteiger partial charge in [-0.05, 0) is 24.6 Å². The van der Waals surface area contributed by atoms with E-state index in [0.29, 0.717) is 6.54 Å². The molecule has 1 atom stereocenters. The highest BCUT2D eigenvalue weighted by molar-refractivity contribution is 7.89. The van der Waals surface area contributed by atoms with Crippen LogP contribution < -0.4 is 10.5 Å². The number of benzene rings is 1. The summed E-state index contributed by atoms with van der Waals surface area (Å²) in [6, 6.07) is 6.98. The molecule has 0 aliphatic carbocycles. The standard InChI is InChI=1S/C14H16N4O2S/c1-11(18-21(19,20)14-9-16-17-10-14)13-6-4-12(5-7-13)3-2-8-15/h4-7,9-11,18H,8,15H2,1H3,(H,16,17). The van der Waals surface area contributed by atoms with Crippen LogP contribution in [0.5, 0.6) is 0 Å². The van der Waals surface area contributed by atoms with Gasteiger partial charge in [-0.3, -0.25) is 5.10 Å². The molecule has 0 bridgehead atoms. The number of hydrogen-bond donors (Lipinski definition) is 3. The van der Waals surface area contributed by atoms with Crippen LogP contribution in [0.1, 0.15) is 24.1 Å². The van der Waals surface area contributed by atoms with Crippen LogP contribution in [0, 0.1) is 11.8 Å². The Morgan fingerprint density at radius 3 is 2.67 bits per heavy atom. The van der Waals surface area contributed by atoms with Gasteiger partial charge in [0.2, 0.25) is 10.0 Å². The third kappa shape index (κ3) is 3.92. The van der Waals surface area contributed by atoms with Gasteiger partial charge in [0.15, 0.2) is 0 Å². The van der Waals surface area contributed by atoms with Crippen LogP contribution in [-0.2, 0) is 10.0 Å². The minimum atomic E-state index is -3.58. The van der Waals surface area contributed by atoms with E-state index >= 15 is 0 Å². The number of H-pyrrole nitrogens is 1. The molecule has 0 fully saturated rings. The maximum Gasteiger partial charge on any atom is 0.244 e. The van der Waals surface area contributed by atoms with Crippen molar-refractivity contribution in [1.29, 1.82) is 0 Å². The highest BCUT2D eigenvalue weighted by atomic mass is 32.2. The highest BCUT2D eigenvalue weighted by Gasteiger charge is 2.19. The van der Waals surface area contributed by atoms with E-state index in [1.807, 2.05) is 24.3 Å². The molecule has 21 heavy (non-hydrogen) atoms. The number of nitrogens with zero attached hydrogens (tertiary/aromatic N) is 1. The third-order valence-corrected chi connectivity index (χ3v) is 4.37. The van der Waals surface area contributed by atoms with Crippen LogP contribution in [0.2, 0.25) is 0 Å². The van der Waals surface area contributed by atoms with Crippen molar-refractivity contribution in [3.63, 3.8) is 0 Å². The first kappa shape index (κ1) is 15.3. The van der Waals surface area contributed by atoms with Gasteiger partial charge >= 0.3 is 0 Å². The average molecular weight is 304 g/mol. The molecule has 0 saturated heterocycles. The minimum absolute atomic E-state index is 0.111. The lowest BCUT2D eigenvalue weighted by Gasteiger charge is -2.13. The second-order valence-corrected chi connectivity index (χ2v) is 6.12. The van der Waals surface area contributed by atoms with E-state index in [1.54, 1.807) is 6.92 Å². The Hall–Kier alpha value is -2.14. The molecule has 0 radical (unpaired) electrons. The highest BCUT2D eigenvalue weighted by Crippen LogP contribution is 2.16. The lowest BCUT2D eigenvalue weighted by molar-refractivity contribution is 0.567. The Bertz CT molecular complexity index is 741. The fourth-order valence-corrected chi connectivity index (χ4v) is 2.90. The van der Waals surface area contributed by atoms with E-state index in [-0.39, 0.29) is 10.9 Å². The van der Waals surface area contributed by atoms with E-state index in [2.05, 4.69) is 26.8 Å². The van der Waals surface area contributed by atoms with Gasteiger partial charge in [0.1, 0.15) is 4.90 Å². The molecule has 4 N–H and O–H groups in total. The van der Waals surface area contributed by atoms with Crippen molar-refractivity contribution >= 4 is 10.0 Å². The average Bonchev–Trinajstić information content (AvgIpc) is 3.00. The van der Waals surface area contributed by atoms with Crippen molar-refractivity contribution < 1.29 is 8.42 Å². The third-order valence-electron chi connectivity index (χ3n) is 2.86. The van der Waals surface area contributed by atoms with Crippen LogP contribution in [0.15, 0.2) is 41.6 Å². The maximum absolute atomic E-state index is 12.1. The minimum Gasteiger partial charge on any atom is -0.320 e. The van der Waals surface area contributed by atoms with E-state index < -0.39 is 10.0 Å². The van der Waals surface area contributed by atoms with Gasteiger partial charge in [0, 0.05) is 17.8 Å². The molecule has 0 spiro atoms. The molecule has 110 valence electrons. The molecule has 2 aromatic rings. The lowest BCUT2D eigenvalue weighted by atomic mass is 10.1. The Morgan fingerprint density at radius 1 is 1.38 bits per heavy atom. The maximum atomic E-state index is 12.1. The van der Waals surface area contributed by atoms with E-state index in [9.17, 15) is 8.42 Å². The number of nitrogens with two attached hydrogens (primary N) is 1. The molecule has 0 aliphatic heterocycles. The number of rotatable bonds is 4. The molecule has 7 heteroatoms. The predicted molar refractivity (Wildman–Crippen MR) is 79.7 cm³/mol. The summed E-state index contributed by atoms with van der Waals surface area (Å²) >= 11 is 0. The second-order valence-electron chi connectivity index (χ2n) is 4.40. The normalized spacial score (nSPS) is 12.5.